The van der Waals surface area contributed by atoms with Crippen molar-refractivity contribution >= 4 is 5.82 Å². The van der Waals surface area contributed by atoms with E-state index in [1.807, 2.05) is 36.5 Å². The number of methoxy groups -OCH3 is 1. The molecule has 0 amide bonds. The van der Waals surface area contributed by atoms with Crippen LogP contribution in [0.5, 0.6) is 11.5 Å². The van der Waals surface area contributed by atoms with Crippen LogP contribution in [0, 0.1) is 0 Å². The summed E-state index contributed by atoms with van der Waals surface area (Å²) < 4.78 is 11.6. The Morgan fingerprint density at radius 1 is 0.897 bits per heavy atom. The number of hydrogen-bond acceptors (Lipinski definition) is 3. The molecule has 0 unspecified atom stereocenters. The Labute approximate surface area is 172 Å². The zero-order valence-electron chi connectivity index (χ0n) is 16.9. The van der Waals surface area contributed by atoms with E-state index in [1.54, 1.807) is 12.0 Å². The second-order valence-corrected chi connectivity index (χ2v) is 7.42. The summed E-state index contributed by atoms with van der Waals surface area (Å²) in [5, 5.41) is 0. The van der Waals surface area contributed by atoms with Gasteiger partial charge in [0.2, 0.25) is 0 Å². The van der Waals surface area contributed by atoms with Gasteiger partial charge in [-0.1, -0.05) is 36.4 Å². The van der Waals surface area contributed by atoms with Crippen molar-refractivity contribution in [2.75, 3.05) is 38.2 Å². The third-order valence-electron chi connectivity index (χ3n) is 5.42. The standard InChI is InChI=1S/C24H27N3O2/c1-28-23-17-21(10-11-22(23)29-19-20-7-3-2-4-8-20)18-26-13-15-27(16-14-26)24-9-5-6-12-25-24/h2-12,17H,13-16,18-19H2,1H3/p+2. The van der Waals surface area contributed by atoms with Crippen LogP contribution in [0.4, 0.5) is 5.82 Å². The predicted molar refractivity (Wildman–Crippen MR) is 113 cm³/mol. The van der Waals surface area contributed by atoms with E-state index in [0.29, 0.717) is 6.61 Å². The quantitative estimate of drug-likeness (QED) is 0.670. The first-order valence-electron chi connectivity index (χ1n) is 10.2. The number of aromatic nitrogens is 1. The van der Waals surface area contributed by atoms with Crippen LogP contribution in [0.2, 0.25) is 0 Å². The molecule has 0 saturated carbocycles. The molecule has 0 radical (unpaired) electrons. The Balaban J connectivity index is 1.33. The van der Waals surface area contributed by atoms with Crippen molar-refractivity contribution in [3.63, 3.8) is 0 Å². The van der Waals surface area contributed by atoms with Gasteiger partial charge in [-0.05, 0) is 29.8 Å². The summed E-state index contributed by atoms with van der Waals surface area (Å²) >= 11 is 0. The molecule has 5 heteroatoms. The van der Waals surface area contributed by atoms with Gasteiger partial charge in [-0.15, -0.1) is 0 Å². The van der Waals surface area contributed by atoms with Crippen molar-refractivity contribution in [2.45, 2.75) is 13.2 Å². The van der Waals surface area contributed by atoms with E-state index in [0.717, 1.165) is 49.8 Å². The molecule has 1 fully saturated rings. The lowest BCUT2D eigenvalue weighted by Crippen LogP contribution is -3.13. The molecular formula is C24H29N3O2+2. The van der Waals surface area contributed by atoms with E-state index in [2.05, 4.69) is 46.3 Å². The van der Waals surface area contributed by atoms with Gasteiger partial charge < -0.3 is 14.4 Å². The van der Waals surface area contributed by atoms with Crippen LogP contribution in [0.15, 0.2) is 72.9 Å². The van der Waals surface area contributed by atoms with Crippen LogP contribution >= 0.6 is 0 Å². The summed E-state index contributed by atoms with van der Waals surface area (Å²) in [6.45, 7) is 5.91. The summed E-state index contributed by atoms with van der Waals surface area (Å²) in [4.78, 5) is 7.35. The Morgan fingerprint density at radius 3 is 2.41 bits per heavy atom. The Hall–Kier alpha value is -3.05. The molecule has 1 aliphatic rings. The zero-order valence-corrected chi connectivity index (χ0v) is 16.9. The number of ether oxygens (including phenoxy) is 2. The summed E-state index contributed by atoms with van der Waals surface area (Å²) in [5.74, 6) is 2.79. The number of nitrogens with zero attached hydrogens (tertiary/aromatic N) is 1. The number of anilines is 1. The van der Waals surface area contributed by atoms with Crippen molar-refractivity contribution in [2.24, 2.45) is 0 Å². The lowest BCUT2D eigenvalue weighted by Gasteiger charge is -2.28. The largest absolute Gasteiger partial charge is 0.493 e. The number of piperazine rings is 1. The van der Waals surface area contributed by atoms with Gasteiger partial charge in [-0.2, -0.15) is 0 Å². The van der Waals surface area contributed by atoms with Gasteiger partial charge in [0.15, 0.2) is 11.5 Å². The Morgan fingerprint density at radius 2 is 1.69 bits per heavy atom. The molecule has 29 heavy (non-hydrogen) atoms. The molecule has 5 nitrogen and oxygen atoms in total. The van der Waals surface area contributed by atoms with Crippen LogP contribution in [0.3, 0.4) is 0 Å². The molecule has 2 N–H and O–H groups in total. The molecule has 2 heterocycles. The SMILES string of the molecule is COc1cc(C[NH+]2CCN(c3cccc[nH+]3)CC2)ccc1OCc1ccccc1. The first-order valence-corrected chi connectivity index (χ1v) is 10.2. The highest BCUT2D eigenvalue weighted by molar-refractivity contribution is 5.43. The molecule has 0 aliphatic carbocycles. The van der Waals surface area contributed by atoms with Crippen LogP contribution in [-0.2, 0) is 13.2 Å². The van der Waals surface area contributed by atoms with Gasteiger partial charge in [0, 0.05) is 11.6 Å². The molecule has 4 rings (SSSR count). The number of quaternary nitrogens is 1. The molecular weight excluding hydrogens is 362 g/mol. The van der Waals surface area contributed by atoms with E-state index >= 15 is 0 Å². The molecule has 3 aromatic rings. The fourth-order valence-electron chi connectivity index (χ4n) is 3.79. The minimum Gasteiger partial charge on any atom is -0.493 e. The number of aromatic amines is 1. The van der Waals surface area contributed by atoms with E-state index in [9.17, 15) is 0 Å². The maximum absolute atomic E-state index is 5.98. The highest BCUT2D eigenvalue weighted by Gasteiger charge is 2.26. The maximum Gasteiger partial charge on any atom is 0.274 e. The van der Waals surface area contributed by atoms with Crippen LogP contribution in [0.25, 0.3) is 0 Å². The van der Waals surface area contributed by atoms with Gasteiger partial charge in [-0.25, -0.2) is 4.98 Å². The van der Waals surface area contributed by atoms with Crippen LogP contribution < -0.4 is 24.3 Å². The normalized spacial score (nSPS) is 14.6. The van der Waals surface area contributed by atoms with E-state index in [1.165, 1.54) is 11.4 Å². The number of nitrogens with one attached hydrogen (secondary N) is 2. The van der Waals surface area contributed by atoms with Crippen molar-refractivity contribution in [1.82, 2.24) is 0 Å². The van der Waals surface area contributed by atoms with E-state index in [-0.39, 0.29) is 0 Å². The maximum atomic E-state index is 5.98. The Bertz CT molecular complexity index is 895. The summed E-state index contributed by atoms with van der Waals surface area (Å²) in [6.07, 6.45) is 1.99. The number of benzene rings is 2. The number of rotatable bonds is 7. The predicted octanol–water partition coefficient (Wildman–Crippen LogP) is 1.99. The first kappa shape index (κ1) is 19.3. The molecule has 0 bridgehead atoms. The molecule has 0 spiro atoms. The monoisotopic (exact) mass is 391 g/mol. The van der Waals surface area contributed by atoms with Gasteiger partial charge in [0.05, 0.1) is 13.3 Å². The van der Waals surface area contributed by atoms with Gasteiger partial charge in [0.1, 0.15) is 39.3 Å². The summed E-state index contributed by atoms with van der Waals surface area (Å²) in [6, 6.07) is 22.7. The fourth-order valence-corrected chi connectivity index (χ4v) is 3.79. The average molecular weight is 392 g/mol. The molecule has 2 aromatic carbocycles. The molecule has 0 atom stereocenters. The molecule has 1 aromatic heterocycles. The smallest absolute Gasteiger partial charge is 0.274 e. The van der Waals surface area contributed by atoms with Gasteiger partial charge >= 0.3 is 0 Å². The van der Waals surface area contributed by atoms with Gasteiger partial charge in [0.25, 0.3) is 5.82 Å². The van der Waals surface area contributed by atoms with E-state index < -0.39 is 0 Å². The third-order valence-corrected chi connectivity index (χ3v) is 5.42. The minimum absolute atomic E-state index is 0.542. The minimum atomic E-state index is 0.542. The fraction of sp³-hybridized carbons (Fsp3) is 0.292. The second kappa shape index (κ2) is 9.43. The molecule has 1 aliphatic heterocycles. The third kappa shape index (κ3) is 5.06. The zero-order chi connectivity index (χ0) is 19.9. The number of hydrogen-bond donors (Lipinski definition) is 1. The topological polar surface area (TPSA) is 40.3 Å². The summed E-state index contributed by atoms with van der Waals surface area (Å²) in [7, 11) is 1.70. The van der Waals surface area contributed by atoms with Crippen LogP contribution in [0.1, 0.15) is 11.1 Å². The second-order valence-electron chi connectivity index (χ2n) is 7.42. The first-order chi connectivity index (χ1) is 14.3. The average Bonchev–Trinajstić information content (AvgIpc) is 2.80. The van der Waals surface area contributed by atoms with Crippen LogP contribution in [-0.4, -0.2) is 33.3 Å². The van der Waals surface area contributed by atoms with Crippen molar-refractivity contribution in [3.05, 3.63) is 84.1 Å². The number of H-pyrrole nitrogens is 1. The van der Waals surface area contributed by atoms with Crippen molar-refractivity contribution in [1.29, 1.82) is 0 Å². The van der Waals surface area contributed by atoms with Crippen molar-refractivity contribution < 1.29 is 19.4 Å². The molecule has 150 valence electrons. The van der Waals surface area contributed by atoms with Crippen molar-refractivity contribution in [3.8, 4) is 11.5 Å². The highest BCUT2D eigenvalue weighted by atomic mass is 16.5. The lowest BCUT2D eigenvalue weighted by atomic mass is 10.1. The van der Waals surface area contributed by atoms with Gasteiger partial charge in [-0.3, -0.25) is 4.90 Å². The Kier molecular flexibility index (Phi) is 6.27. The lowest BCUT2D eigenvalue weighted by molar-refractivity contribution is -0.914. The number of pyridine rings is 1. The van der Waals surface area contributed by atoms with E-state index in [4.69, 9.17) is 9.47 Å². The highest BCUT2D eigenvalue weighted by Crippen LogP contribution is 2.28. The molecule has 1 saturated heterocycles. The summed E-state index contributed by atoms with van der Waals surface area (Å²) in [5.41, 5.74) is 2.43.